The fourth-order valence-electron chi connectivity index (χ4n) is 3.19. The molecule has 0 radical (unpaired) electrons. The van der Waals surface area contributed by atoms with E-state index in [4.69, 9.17) is 16.3 Å². The predicted molar refractivity (Wildman–Crippen MR) is 102 cm³/mol. The smallest absolute Gasteiger partial charge is 0.164 e. The number of aliphatic hydroxyl groups excluding tert-OH is 3. The van der Waals surface area contributed by atoms with Crippen LogP contribution in [0.15, 0.2) is 41.8 Å². The summed E-state index contributed by atoms with van der Waals surface area (Å²) in [4.78, 5) is 8.52. The van der Waals surface area contributed by atoms with Crippen LogP contribution in [0.1, 0.15) is 11.8 Å². The Kier molecular flexibility index (Phi) is 5.55. The second kappa shape index (κ2) is 7.94. The first-order valence-corrected chi connectivity index (χ1v) is 9.87. The molecule has 4 rings (SSSR count). The SMILES string of the molecule is OC[C@H]1O[C@@H](n2ccc3c(SCc4c(F)cccc4Cl)ncnc32)[C@H](O)[C@@H]1O. The van der Waals surface area contributed by atoms with Gasteiger partial charge in [-0.2, -0.15) is 0 Å². The van der Waals surface area contributed by atoms with Crippen molar-refractivity contribution in [3.8, 4) is 0 Å². The third kappa shape index (κ3) is 3.38. The standard InChI is InChI=1S/C18H17ClFN3O4S/c19-11-2-1-3-12(20)10(11)7-28-17-9-4-5-23(16(9)21-8-22-17)18-15(26)14(25)13(6-24)27-18/h1-5,8,13-15,18,24-26H,6-7H2/t13-,14-,15-,18-/m1/s1. The molecule has 2 aromatic heterocycles. The summed E-state index contributed by atoms with van der Waals surface area (Å²) in [5.41, 5.74) is 0.885. The zero-order valence-corrected chi connectivity index (χ0v) is 16.0. The maximum Gasteiger partial charge on any atom is 0.164 e. The van der Waals surface area contributed by atoms with Crippen molar-refractivity contribution >= 4 is 34.4 Å². The van der Waals surface area contributed by atoms with Crippen LogP contribution in [0.5, 0.6) is 0 Å². The van der Waals surface area contributed by atoms with Crippen LogP contribution in [0.3, 0.4) is 0 Å². The van der Waals surface area contributed by atoms with Crippen LogP contribution in [-0.2, 0) is 10.5 Å². The monoisotopic (exact) mass is 425 g/mol. The van der Waals surface area contributed by atoms with Crippen molar-refractivity contribution in [1.82, 2.24) is 14.5 Å². The Balaban J connectivity index is 1.62. The van der Waals surface area contributed by atoms with Crippen LogP contribution in [-0.4, -0.2) is 54.8 Å². The van der Waals surface area contributed by atoms with Gasteiger partial charge < -0.3 is 24.6 Å². The second-order valence-electron chi connectivity index (χ2n) is 6.36. The lowest BCUT2D eigenvalue weighted by molar-refractivity contribution is -0.0508. The Bertz CT molecular complexity index is 984. The maximum absolute atomic E-state index is 14.0. The minimum atomic E-state index is -1.21. The van der Waals surface area contributed by atoms with Crippen LogP contribution in [0.4, 0.5) is 4.39 Å². The summed E-state index contributed by atoms with van der Waals surface area (Å²) in [6.45, 7) is -0.409. The summed E-state index contributed by atoms with van der Waals surface area (Å²) in [6, 6.07) is 6.30. The van der Waals surface area contributed by atoms with Crippen LogP contribution in [0, 0.1) is 5.82 Å². The van der Waals surface area contributed by atoms with Gasteiger partial charge in [-0.15, -0.1) is 11.8 Å². The van der Waals surface area contributed by atoms with Crippen LogP contribution in [0.25, 0.3) is 11.0 Å². The van der Waals surface area contributed by atoms with Crippen molar-refractivity contribution in [3.63, 3.8) is 0 Å². The van der Waals surface area contributed by atoms with E-state index in [0.717, 1.165) is 0 Å². The second-order valence-corrected chi connectivity index (χ2v) is 7.73. The molecule has 0 aliphatic carbocycles. The highest BCUT2D eigenvalue weighted by molar-refractivity contribution is 7.98. The fourth-order valence-corrected chi connectivity index (χ4v) is 4.51. The highest BCUT2D eigenvalue weighted by Crippen LogP contribution is 2.35. The van der Waals surface area contributed by atoms with Gasteiger partial charge in [0.2, 0.25) is 0 Å². The summed E-state index contributed by atoms with van der Waals surface area (Å²) in [6.07, 6.45) is -1.15. The number of halogens is 2. The van der Waals surface area contributed by atoms with Gasteiger partial charge in [-0.1, -0.05) is 17.7 Å². The Morgan fingerprint density at radius 2 is 2.04 bits per heavy atom. The van der Waals surface area contributed by atoms with Crippen molar-refractivity contribution in [2.75, 3.05) is 6.61 Å². The first kappa shape index (κ1) is 19.6. The molecule has 3 heterocycles. The molecule has 7 nitrogen and oxygen atoms in total. The molecule has 0 bridgehead atoms. The summed E-state index contributed by atoms with van der Waals surface area (Å²) in [5.74, 6) is -0.0919. The topological polar surface area (TPSA) is 101 Å². The molecular formula is C18H17ClFN3O4S. The van der Waals surface area contributed by atoms with Gasteiger partial charge in [0.15, 0.2) is 6.23 Å². The molecule has 0 unspecified atom stereocenters. The molecule has 1 aromatic carbocycles. The normalized spacial score (nSPS) is 24.9. The number of hydrogen-bond acceptors (Lipinski definition) is 7. The third-order valence-electron chi connectivity index (χ3n) is 4.68. The summed E-state index contributed by atoms with van der Waals surface area (Å²) < 4.78 is 21.2. The number of aromatic nitrogens is 3. The predicted octanol–water partition coefficient (Wildman–Crippen LogP) is 2.13. The van der Waals surface area contributed by atoms with E-state index in [1.165, 1.54) is 24.2 Å². The van der Waals surface area contributed by atoms with Gasteiger partial charge >= 0.3 is 0 Å². The number of nitrogens with zero attached hydrogens (tertiary/aromatic N) is 3. The third-order valence-corrected chi connectivity index (χ3v) is 6.06. The van der Waals surface area contributed by atoms with Crippen LogP contribution in [0.2, 0.25) is 5.02 Å². The molecule has 4 atom stereocenters. The van der Waals surface area contributed by atoms with Crippen molar-refractivity contribution in [3.05, 3.63) is 53.2 Å². The van der Waals surface area contributed by atoms with Crippen LogP contribution < -0.4 is 0 Å². The lowest BCUT2D eigenvalue weighted by Gasteiger charge is -2.17. The Labute approximate surface area is 168 Å². The van der Waals surface area contributed by atoms with Crippen molar-refractivity contribution in [1.29, 1.82) is 0 Å². The molecule has 0 saturated carbocycles. The number of rotatable bonds is 5. The minimum absolute atomic E-state index is 0.288. The van der Waals surface area contributed by atoms with Gasteiger partial charge in [0.1, 0.15) is 41.1 Å². The fraction of sp³-hybridized carbons (Fsp3) is 0.333. The van der Waals surface area contributed by atoms with E-state index in [1.54, 1.807) is 29.0 Å². The summed E-state index contributed by atoms with van der Waals surface area (Å²) in [5, 5.41) is 31.2. The number of benzene rings is 1. The molecule has 0 amide bonds. The molecule has 1 saturated heterocycles. The lowest BCUT2D eigenvalue weighted by Crippen LogP contribution is -2.33. The van der Waals surface area contributed by atoms with Gasteiger partial charge in [-0.05, 0) is 18.2 Å². The number of aliphatic hydroxyl groups is 3. The van der Waals surface area contributed by atoms with Gasteiger partial charge in [0.25, 0.3) is 0 Å². The van der Waals surface area contributed by atoms with Gasteiger partial charge in [-0.3, -0.25) is 0 Å². The maximum atomic E-state index is 14.0. The van der Waals surface area contributed by atoms with Crippen molar-refractivity contribution in [2.45, 2.75) is 35.3 Å². The zero-order chi connectivity index (χ0) is 19.8. The summed E-state index contributed by atoms with van der Waals surface area (Å²) >= 11 is 7.39. The molecule has 3 aromatic rings. The van der Waals surface area contributed by atoms with E-state index < -0.39 is 31.1 Å². The first-order chi connectivity index (χ1) is 13.5. The number of fused-ring (bicyclic) bond motifs is 1. The molecule has 1 aliphatic rings. The largest absolute Gasteiger partial charge is 0.394 e. The molecule has 3 N–H and O–H groups in total. The zero-order valence-electron chi connectivity index (χ0n) is 14.4. The minimum Gasteiger partial charge on any atom is -0.394 e. The van der Waals surface area contributed by atoms with Gasteiger partial charge in [0.05, 0.1) is 12.0 Å². The highest BCUT2D eigenvalue weighted by Gasteiger charge is 2.43. The Morgan fingerprint density at radius 3 is 2.75 bits per heavy atom. The average Bonchev–Trinajstić information content (AvgIpc) is 3.23. The van der Waals surface area contributed by atoms with E-state index in [-0.39, 0.29) is 11.6 Å². The molecule has 28 heavy (non-hydrogen) atoms. The molecule has 1 aliphatic heterocycles. The van der Waals surface area contributed by atoms with E-state index in [2.05, 4.69) is 9.97 Å². The quantitative estimate of drug-likeness (QED) is 0.425. The van der Waals surface area contributed by atoms with Crippen molar-refractivity contribution in [2.24, 2.45) is 0 Å². The summed E-state index contributed by atoms with van der Waals surface area (Å²) in [7, 11) is 0. The van der Waals surface area contributed by atoms with Gasteiger partial charge in [-0.25, -0.2) is 14.4 Å². The average molecular weight is 426 g/mol. The Hall–Kier alpha value is -1.75. The van der Waals surface area contributed by atoms with E-state index in [0.29, 0.717) is 26.6 Å². The van der Waals surface area contributed by atoms with Crippen molar-refractivity contribution < 1.29 is 24.4 Å². The van der Waals surface area contributed by atoms with E-state index in [1.807, 2.05) is 0 Å². The molecule has 1 fully saturated rings. The van der Waals surface area contributed by atoms with Gasteiger partial charge in [0, 0.05) is 22.5 Å². The molecule has 10 heteroatoms. The highest BCUT2D eigenvalue weighted by atomic mass is 35.5. The molecule has 148 valence electrons. The lowest BCUT2D eigenvalue weighted by atomic mass is 10.1. The van der Waals surface area contributed by atoms with Crippen LogP contribution >= 0.6 is 23.4 Å². The number of thioether (sulfide) groups is 1. The number of ether oxygens (including phenoxy) is 1. The first-order valence-electron chi connectivity index (χ1n) is 8.51. The number of hydrogen-bond donors (Lipinski definition) is 3. The molecule has 0 spiro atoms. The van der Waals surface area contributed by atoms with E-state index >= 15 is 0 Å². The van der Waals surface area contributed by atoms with E-state index in [9.17, 15) is 19.7 Å². The molecular weight excluding hydrogens is 409 g/mol. The Morgan fingerprint density at radius 1 is 1.21 bits per heavy atom.